The average Bonchev–Trinajstić information content (AvgIpc) is 1.94. The van der Waals surface area contributed by atoms with Crippen LogP contribution in [0.25, 0.3) is 0 Å². The van der Waals surface area contributed by atoms with Gasteiger partial charge in [-0.15, -0.1) is 0 Å². The van der Waals surface area contributed by atoms with Crippen LogP contribution in [-0.2, 0) is 0 Å². The van der Waals surface area contributed by atoms with E-state index in [-0.39, 0.29) is 18.2 Å². The first-order valence-electron chi connectivity index (χ1n) is 2.80. The number of hydrogen-bond donors (Lipinski definition) is 2. The third-order valence-corrected chi connectivity index (χ3v) is 1.64. The Morgan fingerprint density at radius 1 is 1.50 bits per heavy atom. The van der Waals surface area contributed by atoms with Gasteiger partial charge in [-0.3, -0.25) is 11.1 Å². The van der Waals surface area contributed by atoms with Gasteiger partial charge in [0.2, 0.25) is 0 Å². The molecule has 0 aliphatic heterocycles. The Morgan fingerprint density at radius 2 is 2.08 bits per heavy atom. The van der Waals surface area contributed by atoms with E-state index in [0.29, 0.717) is 15.7 Å². The maximum absolute atomic E-state index is 5.69. The lowest BCUT2D eigenvalue weighted by Crippen LogP contribution is -3.00. The molecule has 0 saturated carbocycles. The molecule has 0 amide bonds. The first-order valence-corrected chi connectivity index (χ1v) is 3.56. The summed E-state index contributed by atoms with van der Waals surface area (Å²) in [6.07, 6.45) is 1.40. The summed E-state index contributed by atoms with van der Waals surface area (Å²) in [5.41, 5.74) is 5.83. The Hall–Kier alpha value is -0.510. The molecule has 66 valence electrons. The highest BCUT2D eigenvalue weighted by Gasteiger charge is 2.08. The molecule has 0 aliphatic carbocycles. The van der Waals surface area contributed by atoms with Crippen LogP contribution in [0.15, 0.2) is 12.3 Å². The normalized spacial score (nSPS) is 8.83. The second-order valence-electron chi connectivity index (χ2n) is 1.94. The van der Waals surface area contributed by atoms with Gasteiger partial charge in [0, 0.05) is 6.20 Å². The van der Waals surface area contributed by atoms with Crippen molar-refractivity contribution in [3.63, 3.8) is 0 Å². The molecule has 0 aromatic carbocycles. The fourth-order valence-corrected chi connectivity index (χ4v) is 1.00. The first kappa shape index (κ1) is 11.5. The molecule has 1 rings (SSSR count). The van der Waals surface area contributed by atoms with Crippen molar-refractivity contribution < 1.29 is 17.8 Å². The molecular formula is C6H6Cl3N3. The van der Waals surface area contributed by atoms with Crippen molar-refractivity contribution in [2.24, 2.45) is 5.73 Å². The molecule has 1 aromatic rings. The van der Waals surface area contributed by atoms with Crippen molar-refractivity contribution in [1.82, 2.24) is 4.98 Å². The molecule has 12 heavy (non-hydrogen) atoms. The molecule has 4 N–H and O–H groups in total. The number of nitrogens with two attached hydrogens (primary N) is 2. The van der Waals surface area contributed by atoms with Crippen molar-refractivity contribution in [2.45, 2.75) is 0 Å². The average molecular weight is 226 g/mol. The second-order valence-corrected chi connectivity index (χ2v) is 2.74. The molecule has 0 radical (unpaired) electrons. The predicted octanol–water partition coefficient (Wildman–Crippen LogP) is -3.14. The zero-order chi connectivity index (χ0) is 8.43. The van der Waals surface area contributed by atoms with E-state index >= 15 is 0 Å². The van der Waals surface area contributed by atoms with Crippen LogP contribution in [0.1, 0.15) is 5.56 Å². The number of hydrogen-bond acceptors (Lipinski definition) is 1. The zero-order valence-electron chi connectivity index (χ0n) is 5.89. The van der Waals surface area contributed by atoms with E-state index in [9.17, 15) is 0 Å². The maximum atomic E-state index is 5.69. The van der Waals surface area contributed by atoms with Gasteiger partial charge in [-0.05, 0) is 6.07 Å². The van der Waals surface area contributed by atoms with Crippen LogP contribution in [0.5, 0.6) is 0 Å². The van der Waals surface area contributed by atoms with Gasteiger partial charge < -0.3 is 12.4 Å². The summed E-state index contributed by atoms with van der Waals surface area (Å²) in [7, 11) is 0. The lowest BCUT2D eigenvalue weighted by atomic mass is 10.2. The van der Waals surface area contributed by atoms with E-state index in [4.69, 9.17) is 34.3 Å². The summed E-state index contributed by atoms with van der Waals surface area (Å²) in [6.45, 7) is 0. The van der Waals surface area contributed by atoms with Crippen LogP contribution >= 0.6 is 23.2 Å². The van der Waals surface area contributed by atoms with Crippen molar-refractivity contribution in [2.75, 3.05) is 0 Å². The Morgan fingerprint density at radius 3 is 2.50 bits per heavy atom. The van der Waals surface area contributed by atoms with Gasteiger partial charge in [-0.2, -0.15) is 0 Å². The van der Waals surface area contributed by atoms with Crippen LogP contribution < -0.4 is 23.5 Å². The lowest BCUT2D eigenvalue weighted by molar-refractivity contribution is -0.114. The van der Waals surface area contributed by atoms with Gasteiger partial charge in [-0.25, -0.2) is 4.98 Å². The van der Waals surface area contributed by atoms with Gasteiger partial charge in [0.05, 0.1) is 10.6 Å². The highest BCUT2D eigenvalue weighted by Crippen LogP contribution is 2.16. The van der Waals surface area contributed by atoms with Crippen LogP contribution in [0.2, 0.25) is 10.2 Å². The molecule has 1 heterocycles. The Kier molecular flexibility index (Phi) is 4.31. The van der Waals surface area contributed by atoms with Crippen molar-refractivity contribution in [3.05, 3.63) is 28.0 Å². The van der Waals surface area contributed by atoms with Crippen molar-refractivity contribution in [3.8, 4) is 0 Å². The van der Waals surface area contributed by atoms with Crippen LogP contribution in [0, 0.1) is 0 Å². The van der Waals surface area contributed by atoms with Crippen LogP contribution in [0.4, 0.5) is 0 Å². The van der Waals surface area contributed by atoms with E-state index in [2.05, 4.69) is 4.98 Å². The summed E-state index contributed by atoms with van der Waals surface area (Å²) >= 11 is 11.3. The van der Waals surface area contributed by atoms with E-state index < -0.39 is 0 Å². The fraction of sp³-hybridized carbons (Fsp3) is 0. The molecule has 0 spiro atoms. The molecule has 0 saturated heterocycles. The van der Waals surface area contributed by atoms with Crippen LogP contribution in [0.3, 0.4) is 0 Å². The molecule has 0 fully saturated rings. The number of pyridine rings is 1. The monoisotopic (exact) mass is 225 g/mol. The number of nitrogens with zero attached hydrogens (tertiary/aromatic N) is 1. The third-order valence-electron chi connectivity index (χ3n) is 1.13. The highest BCUT2D eigenvalue weighted by atomic mass is 35.5. The molecule has 0 atom stereocenters. The Balaban J connectivity index is 0.00000121. The fourth-order valence-electron chi connectivity index (χ4n) is 0.634. The summed E-state index contributed by atoms with van der Waals surface area (Å²) in [6, 6.07) is 1.51. The van der Waals surface area contributed by atoms with E-state index in [1.54, 1.807) is 0 Å². The van der Waals surface area contributed by atoms with E-state index in [1.165, 1.54) is 12.3 Å². The van der Waals surface area contributed by atoms with Gasteiger partial charge in [0.15, 0.2) is 0 Å². The summed E-state index contributed by atoms with van der Waals surface area (Å²) in [4.78, 5) is 3.73. The van der Waals surface area contributed by atoms with E-state index in [0.717, 1.165) is 0 Å². The number of aromatic nitrogens is 1. The topological polar surface area (TPSA) is 64.5 Å². The summed E-state index contributed by atoms with van der Waals surface area (Å²) in [5.74, 6) is 0.138. The first-order chi connectivity index (χ1) is 5.11. The number of halogens is 3. The van der Waals surface area contributed by atoms with E-state index in [1.807, 2.05) is 0 Å². The van der Waals surface area contributed by atoms with Crippen molar-refractivity contribution >= 4 is 29.0 Å². The molecular weight excluding hydrogens is 220 g/mol. The van der Waals surface area contributed by atoms with Crippen LogP contribution in [-0.4, -0.2) is 10.8 Å². The SMILES string of the molecule is NC(=[NH2+])c1cc(Cl)ncc1Cl.[Cl-]. The summed E-state index contributed by atoms with van der Waals surface area (Å²) in [5, 5.41) is 6.02. The molecule has 0 unspecified atom stereocenters. The Bertz CT molecular complexity index is 300. The predicted molar refractivity (Wildman–Crippen MR) is 44.5 cm³/mol. The smallest absolute Gasteiger partial charge is 0.272 e. The molecule has 6 heteroatoms. The minimum Gasteiger partial charge on any atom is -1.00 e. The van der Waals surface area contributed by atoms with Gasteiger partial charge in [0.25, 0.3) is 5.84 Å². The minimum absolute atomic E-state index is 0. The molecule has 0 aliphatic rings. The third kappa shape index (κ3) is 2.52. The lowest BCUT2D eigenvalue weighted by Gasteiger charge is -1.96. The summed E-state index contributed by atoms with van der Waals surface area (Å²) < 4.78 is 0. The molecule has 1 aromatic heterocycles. The highest BCUT2D eigenvalue weighted by molar-refractivity contribution is 6.35. The standard InChI is InChI=1S/C6H5Cl2N3.ClH/c7-4-2-11-5(8)1-3(4)6(9)10;/h1-2H,(H3,9,10);1H. The quantitative estimate of drug-likeness (QED) is 0.302. The zero-order valence-corrected chi connectivity index (χ0v) is 8.16. The Labute approximate surface area is 85.8 Å². The van der Waals surface area contributed by atoms with Gasteiger partial charge >= 0.3 is 0 Å². The van der Waals surface area contributed by atoms with Crippen molar-refractivity contribution in [1.29, 1.82) is 0 Å². The number of rotatable bonds is 1. The maximum Gasteiger partial charge on any atom is 0.272 e. The van der Waals surface area contributed by atoms with Gasteiger partial charge in [0.1, 0.15) is 5.15 Å². The largest absolute Gasteiger partial charge is 1.00 e. The molecule has 3 nitrogen and oxygen atoms in total. The minimum atomic E-state index is 0. The van der Waals surface area contributed by atoms with Gasteiger partial charge in [-0.1, -0.05) is 23.2 Å². The molecule has 0 bridgehead atoms. The second kappa shape index (κ2) is 4.50. The number of amidine groups is 1.